The van der Waals surface area contributed by atoms with E-state index in [0.29, 0.717) is 30.1 Å². The summed E-state index contributed by atoms with van der Waals surface area (Å²) < 4.78 is 21.9. The smallest absolute Gasteiger partial charge is 0.410 e. The largest absolute Gasteiger partial charge is 0.444 e. The Kier molecular flexibility index (Phi) is 6.35. The number of hydrogen-bond acceptors (Lipinski definition) is 7. The van der Waals surface area contributed by atoms with Crippen molar-refractivity contribution in [2.45, 2.75) is 52.7 Å². The first-order valence-electron chi connectivity index (χ1n) is 11.4. The molecule has 3 aromatic heterocycles. The summed E-state index contributed by atoms with van der Waals surface area (Å²) in [5, 5.41) is 2.57. The molecule has 2 amide bonds. The fourth-order valence-corrected chi connectivity index (χ4v) is 4.01. The van der Waals surface area contributed by atoms with Gasteiger partial charge in [0, 0.05) is 38.1 Å². The molecule has 11 heteroatoms. The molecule has 0 bridgehead atoms. The van der Waals surface area contributed by atoms with E-state index in [2.05, 4.69) is 20.3 Å². The SMILES string of the molecule is Cc1cn2cc(NC(=O)c3cnc(N4CC[C@@H](N(C)C(=O)OC(C)(C)C)C4)cn3)c(F)c(C)c2n1. The number of anilines is 2. The van der Waals surface area contributed by atoms with Gasteiger partial charge >= 0.3 is 6.09 Å². The van der Waals surface area contributed by atoms with E-state index in [-0.39, 0.29) is 23.5 Å². The van der Waals surface area contributed by atoms with Gasteiger partial charge in [-0.05, 0) is 41.0 Å². The summed E-state index contributed by atoms with van der Waals surface area (Å²) in [6, 6.07) is -0.0254. The summed E-state index contributed by atoms with van der Waals surface area (Å²) in [6.45, 7) is 10.2. The topological polar surface area (TPSA) is 105 Å². The molecular formula is C24H30FN7O3. The summed E-state index contributed by atoms with van der Waals surface area (Å²) in [4.78, 5) is 41.6. The molecule has 0 aromatic carbocycles. The number of ether oxygens (including phenoxy) is 1. The Morgan fingerprint density at radius 1 is 1.20 bits per heavy atom. The number of amides is 2. The predicted octanol–water partition coefficient (Wildman–Crippen LogP) is 3.58. The maximum Gasteiger partial charge on any atom is 0.410 e. The van der Waals surface area contributed by atoms with Gasteiger partial charge in [-0.25, -0.2) is 24.1 Å². The quantitative estimate of drug-likeness (QED) is 0.605. The molecule has 1 saturated heterocycles. The van der Waals surface area contributed by atoms with Crippen LogP contribution < -0.4 is 10.2 Å². The standard InChI is InChI=1S/C24H30FN7O3/c1-14-11-32-13-18(20(25)15(2)21(32)28-14)29-22(33)17-9-27-19(10-26-17)31-8-7-16(12-31)30(6)23(34)35-24(3,4)5/h9-11,13,16H,7-8,12H2,1-6H3,(H,29,33)/t16-/m1/s1. The van der Waals surface area contributed by atoms with E-state index < -0.39 is 17.3 Å². The fourth-order valence-electron chi connectivity index (χ4n) is 4.01. The van der Waals surface area contributed by atoms with E-state index in [1.807, 2.05) is 32.6 Å². The highest BCUT2D eigenvalue weighted by atomic mass is 19.1. The number of aryl methyl sites for hydroxylation is 2. The highest BCUT2D eigenvalue weighted by Gasteiger charge is 2.31. The van der Waals surface area contributed by atoms with Gasteiger partial charge in [0.1, 0.15) is 22.8 Å². The van der Waals surface area contributed by atoms with Gasteiger partial charge in [-0.2, -0.15) is 0 Å². The Morgan fingerprint density at radius 3 is 2.60 bits per heavy atom. The van der Waals surface area contributed by atoms with Crippen LogP contribution in [0.4, 0.5) is 20.7 Å². The van der Waals surface area contributed by atoms with Crippen LogP contribution in [0.2, 0.25) is 0 Å². The number of rotatable bonds is 4. The van der Waals surface area contributed by atoms with Crippen LogP contribution in [0.1, 0.15) is 48.9 Å². The summed E-state index contributed by atoms with van der Waals surface area (Å²) in [5.41, 5.74) is 1.14. The third kappa shape index (κ3) is 5.18. The fraction of sp³-hybridized carbons (Fsp3) is 0.458. The third-order valence-corrected chi connectivity index (χ3v) is 5.86. The van der Waals surface area contributed by atoms with E-state index in [9.17, 15) is 14.0 Å². The third-order valence-electron chi connectivity index (χ3n) is 5.86. The van der Waals surface area contributed by atoms with Gasteiger partial charge in [0.2, 0.25) is 0 Å². The number of fused-ring (bicyclic) bond motifs is 1. The normalized spacial score (nSPS) is 16.0. The molecule has 4 rings (SSSR count). The van der Waals surface area contributed by atoms with Crippen LogP contribution in [0.5, 0.6) is 0 Å². The Morgan fingerprint density at radius 2 is 1.94 bits per heavy atom. The zero-order valence-corrected chi connectivity index (χ0v) is 20.8. The average molecular weight is 484 g/mol. The van der Waals surface area contributed by atoms with Gasteiger partial charge in [-0.1, -0.05) is 0 Å². The molecule has 1 atom stereocenters. The van der Waals surface area contributed by atoms with Crippen molar-refractivity contribution in [1.29, 1.82) is 0 Å². The highest BCUT2D eigenvalue weighted by Crippen LogP contribution is 2.24. The molecule has 186 valence electrons. The van der Waals surface area contributed by atoms with E-state index in [1.165, 1.54) is 18.6 Å². The first kappa shape index (κ1) is 24.4. The number of aromatic nitrogens is 4. The van der Waals surface area contributed by atoms with Gasteiger partial charge in [-0.15, -0.1) is 0 Å². The highest BCUT2D eigenvalue weighted by molar-refractivity contribution is 6.02. The molecule has 1 fully saturated rings. The lowest BCUT2D eigenvalue weighted by atomic mass is 10.2. The Hall–Kier alpha value is -3.76. The first-order valence-corrected chi connectivity index (χ1v) is 11.4. The Labute approximate surface area is 203 Å². The molecule has 0 saturated carbocycles. The van der Waals surface area contributed by atoms with Gasteiger partial charge in [0.15, 0.2) is 5.82 Å². The van der Waals surface area contributed by atoms with Crippen LogP contribution in [0, 0.1) is 19.7 Å². The van der Waals surface area contributed by atoms with E-state index in [1.54, 1.807) is 29.5 Å². The molecule has 3 aromatic rings. The lowest BCUT2D eigenvalue weighted by Crippen LogP contribution is -2.42. The van der Waals surface area contributed by atoms with Crippen LogP contribution in [-0.4, -0.2) is 68.0 Å². The number of likely N-dealkylation sites (N-methyl/N-ethyl adjacent to an activating group) is 1. The number of carbonyl (C=O) groups excluding carboxylic acids is 2. The number of hydrogen-bond donors (Lipinski definition) is 1. The minimum Gasteiger partial charge on any atom is -0.444 e. The molecule has 0 spiro atoms. The average Bonchev–Trinajstić information content (AvgIpc) is 3.42. The molecule has 1 N–H and O–H groups in total. The van der Waals surface area contributed by atoms with Crippen LogP contribution in [0.3, 0.4) is 0 Å². The van der Waals surface area contributed by atoms with Crippen LogP contribution in [-0.2, 0) is 4.74 Å². The van der Waals surface area contributed by atoms with Crippen molar-refractivity contribution in [3.63, 3.8) is 0 Å². The number of imidazole rings is 1. The second kappa shape index (κ2) is 9.12. The number of pyridine rings is 1. The minimum absolute atomic E-state index is 0.0254. The van der Waals surface area contributed by atoms with E-state index in [0.717, 1.165) is 12.1 Å². The lowest BCUT2D eigenvalue weighted by Gasteiger charge is -2.28. The van der Waals surface area contributed by atoms with Crippen LogP contribution in [0.25, 0.3) is 5.65 Å². The second-order valence-electron chi connectivity index (χ2n) is 9.79. The number of nitrogens with one attached hydrogen (secondary N) is 1. The van der Waals surface area contributed by atoms with Crippen molar-refractivity contribution >= 4 is 29.2 Å². The first-order chi connectivity index (χ1) is 16.4. The maximum atomic E-state index is 14.8. The monoisotopic (exact) mass is 483 g/mol. The zero-order valence-electron chi connectivity index (χ0n) is 20.8. The molecular weight excluding hydrogens is 453 g/mol. The molecule has 0 radical (unpaired) electrons. The molecule has 0 aliphatic carbocycles. The van der Waals surface area contributed by atoms with Crippen molar-refractivity contribution in [3.05, 3.63) is 47.6 Å². The van der Waals surface area contributed by atoms with Gasteiger partial charge < -0.3 is 24.3 Å². The number of halogens is 1. The van der Waals surface area contributed by atoms with E-state index in [4.69, 9.17) is 4.74 Å². The molecule has 1 aliphatic rings. The van der Waals surface area contributed by atoms with Crippen molar-refractivity contribution in [3.8, 4) is 0 Å². The molecule has 0 unspecified atom stereocenters. The van der Waals surface area contributed by atoms with Gasteiger partial charge in [-0.3, -0.25) is 4.79 Å². The molecule has 4 heterocycles. The maximum absolute atomic E-state index is 14.8. The summed E-state index contributed by atoms with van der Waals surface area (Å²) >= 11 is 0. The molecule has 10 nitrogen and oxygen atoms in total. The summed E-state index contributed by atoms with van der Waals surface area (Å²) in [7, 11) is 1.73. The van der Waals surface area contributed by atoms with Gasteiger partial charge in [0.25, 0.3) is 5.91 Å². The van der Waals surface area contributed by atoms with Crippen molar-refractivity contribution in [1.82, 2.24) is 24.3 Å². The number of nitrogens with zero attached hydrogens (tertiary/aromatic N) is 6. The summed E-state index contributed by atoms with van der Waals surface area (Å²) in [5.74, 6) is -0.514. The minimum atomic E-state index is -0.567. The Balaban J connectivity index is 1.41. The van der Waals surface area contributed by atoms with Crippen LogP contribution in [0.15, 0.2) is 24.8 Å². The molecule has 35 heavy (non-hydrogen) atoms. The summed E-state index contributed by atoms with van der Waals surface area (Å²) in [6.07, 6.45) is 6.51. The van der Waals surface area contributed by atoms with Crippen molar-refractivity contribution < 1.29 is 18.7 Å². The second-order valence-corrected chi connectivity index (χ2v) is 9.79. The predicted molar refractivity (Wildman–Crippen MR) is 129 cm³/mol. The van der Waals surface area contributed by atoms with Crippen molar-refractivity contribution in [2.24, 2.45) is 0 Å². The van der Waals surface area contributed by atoms with E-state index >= 15 is 0 Å². The number of carbonyl (C=O) groups is 2. The lowest BCUT2D eigenvalue weighted by molar-refractivity contribution is 0.0237. The van der Waals surface area contributed by atoms with Gasteiger partial charge in [0.05, 0.1) is 29.8 Å². The van der Waals surface area contributed by atoms with Crippen molar-refractivity contribution in [2.75, 3.05) is 30.4 Å². The Bertz CT molecular complexity index is 1270. The van der Waals surface area contributed by atoms with Crippen LogP contribution >= 0.6 is 0 Å². The zero-order chi connectivity index (χ0) is 25.5. The molecule has 1 aliphatic heterocycles.